The highest BCUT2D eigenvalue weighted by Gasteiger charge is 2.33. The van der Waals surface area contributed by atoms with Crippen LogP contribution in [0.25, 0.3) is 11.4 Å². The molecule has 0 spiro atoms. The molecule has 0 amide bonds. The zero-order valence-electron chi connectivity index (χ0n) is 19.3. The van der Waals surface area contributed by atoms with E-state index in [0.29, 0.717) is 52.7 Å². The zero-order valence-corrected chi connectivity index (χ0v) is 20.1. The molecule has 1 aliphatic rings. The topological polar surface area (TPSA) is 94.8 Å². The smallest absolute Gasteiger partial charge is 0.243 e. The van der Waals surface area contributed by atoms with Crippen LogP contribution in [-0.2, 0) is 10.0 Å². The lowest BCUT2D eigenvalue weighted by molar-refractivity contribution is 0.265. The molecule has 8 nitrogen and oxygen atoms in total. The predicted octanol–water partition coefficient (Wildman–Crippen LogP) is 4.45. The molecular weight excluding hydrogens is 442 g/mol. The average Bonchev–Trinajstić information content (AvgIpc) is 3.34. The van der Waals surface area contributed by atoms with Crippen LogP contribution in [0.2, 0.25) is 0 Å². The van der Waals surface area contributed by atoms with Gasteiger partial charge in [0, 0.05) is 24.7 Å². The summed E-state index contributed by atoms with van der Waals surface area (Å²) in [5.41, 5.74) is 1.81. The van der Waals surface area contributed by atoms with Crippen molar-refractivity contribution in [1.29, 1.82) is 0 Å². The Morgan fingerprint density at radius 2 is 1.73 bits per heavy atom. The highest BCUT2D eigenvalue weighted by Crippen LogP contribution is 2.33. The number of benzene rings is 2. The van der Waals surface area contributed by atoms with E-state index in [1.54, 1.807) is 44.6 Å². The van der Waals surface area contributed by atoms with E-state index in [1.165, 1.54) is 4.31 Å². The van der Waals surface area contributed by atoms with Crippen LogP contribution >= 0.6 is 0 Å². The minimum Gasteiger partial charge on any atom is -0.497 e. The summed E-state index contributed by atoms with van der Waals surface area (Å²) in [6, 6.07) is 12.5. The maximum Gasteiger partial charge on any atom is 0.243 e. The summed E-state index contributed by atoms with van der Waals surface area (Å²) in [7, 11) is -0.444. The van der Waals surface area contributed by atoms with Crippen LogP contribution in [0.3, 0.4) is 0 Å². The molecule has 176 valence electrons. The van der Waals surface area contributed by atoms with Crippen molar-refractivity contribution in [3.05, 3.63) is 53.9 Å². The van der Waals surface area contributed by atoms with Gasteiger partial charge in [0.25, 0.3) is 0 Å². The fourth-order valence-corrected chi connectivity index (χ4v) is 5.51. The van der Waals surface area contributed by atoms with Crippen molar-refractivity contribution < 1.29 is 22.4 Å². The SMILES string of the molecule is COc1cc(OC)cc(-c2noc([C@@H]3CCCN(S(=O)(=O)c4ccc(C(C)C)cc4)C3)n2)c1. The van der Waals surface area contributed by atoms with Crippen molar-refractivity contribution in [3.63, 3.8) is 0 Å². The molecular formula is C24H29N3O5S. The summed E-state index contributed by atoms with van der Waals surface area (Å²) in [4.78, 5) is 4.87. The molecule has 2 aromatic carbocycles. The number of nitrogens with zero attached hydrogens (tertiary/aromatic N) is 3. The Labute approximate surface area is 194 Å². The summed E-state index contributed by atoms with van der Waals surface area (Å²) in [5.74, 6) is 2.26. The van der Waals surface area contributed by atoms with Gasteiger partial charge < -0.3 is 14.0 Å². The van der Waals surface area contributed by atoms with Gasteiger partial charge in [0.05, 0.1) is 25.0 Å². The first-order chi connectivity index (χ1) is 15.8. The van der Waals surface area contributed by atoms with E-state index in [1.807, 2.05) is 12.1 Å². The van der Waals surface area contributed by atoms with Crippen molar-refractivity contribution in [1.82, 2.24) is 14.4 Å². The molecule has 2 heterocycles. The number of ether oxygens (including phenoxy) is 2. The van der Waals surface area contributed by atoms with Crippen molar-refractivity contribution in [3.8, 4) is 22.9 Å². The van der Waals surface area contributed by atoms with Gasteiger partial charge in [-0.2, -0.15) is 9.29 Å². The number of hydrogen-bond donors (Lipinski definition) is 0. The Bertz CT molecular complexity index is 1180. The second kappa shape index (κ2) is 9.52. The number of methoxy groups -OCH3 is 2. The molecule has 9 heteroatoms. The molecule has 0 N–H and O–H groups in total. The Kier molecular flexibility index (Phi) is 6.71. The van der Waals surface area contributed by atoms with Crippen molar-refractivity contribution in [2.75, 3.05) is 27.3 Å². The maximum atomic E-state index is 13.2. The number of sulfonamides is 1. The zero-order chi connectivity index (χ0) is 23.6. The van der Waals surface area contributed by atoms with Crippen LogP contribution in [0, 0.1) is 0 Å². The first-order valence-electron chi connectivity index (χ1n) is 11.0. The van der Waals surface area contributed by atoms with Gasteiger partial charge >= 0.3 is 0 Å². The third-order valence-electron chi connectivity index (χ3n) is 5.97. The van der Waals surface area contributed by atoms with E-state index in [0.717, 1.165) is 18.4 Å². The molecule has 33 heavy (non-hydrogen) atoms. The van der Waals surface area contributed by atoms with E-state index in [-0.39, 0.29) is 5.92 Å². The summed E-state index contributed by atoms with van der Waals surface area (Å²) in [5, 5.41) is 4.12. The van der Waals surface area contributed by atoms with Gasteiger partial charge in [-0.25, -0.2) is 8.42 Å². The monoisotopic (exact) mass is 471 g/mol. The lowest BCUT2D eigenvalue weighted by Crippen LogP contribution is -2.39. The molecule has 1 atom stereocenters. The fraction of sp³-hybridized carbons (Fsp3) is 0.417. The normalized spacial score (nSPS) is 17.3. The van der Waals surface area contributed by atoms with Gasteiger partial charge in [0.15, 0.2) is 0 Å². The molecule has 0 saturated carbocycles. The molecule has 1 aliphatic heterocycles. The van der Waals surface area contributed by atoms with Gasteiger partial charge in [0.1, 0.15) is 11.5 Å². The summed E-state index contributed by atoms with van der Waals surface area (Å²) < 4.78 is 44.2. The molecule has 0 radical (unpaired) electrons. The molecule has 3 aromatic rings. The van der Waals surface area contributed by atoms with E-state index < -0.39 is 10.0 Å². The number of rotatable bonds is 7. The number of aromatic nitrogens is 2. The van der Waals surface area contributed by atoms with Gasteiger partial charge in [-0.05, 0) is 48.6 Å². The van der Waals surface area contributed by atoms with E-state index in [4.69, 9.17) is 14.0 Å². The van der Waals surface area contributed by atoms with Crippen molar-refractivity contribution >= 4 is 10.0 Å². The first-order valence-corrected chi connectivity index (χ1v) is 12.4. The standard InChI is InChI=1S/C24H29N3O5S/c1-16(2)17-7-9-22(10-8-17)33(28,29)27-11-5-6-18(15-27)24-25-23(26-32-24)19-12-20(30-3)14-21(13-19)31-4/h7-10,12-14,16,18H,5-6,11,15H2,1-4H3/t18-/m1/s1. The van der Waals surface area contributed by atoms with Gasteiger partial charge in [-0.1, -0.05) is 31.1 Å². The predicted molar refractivity (Wildman–Crippen MR) is 124 cm³/mol. The van der Waals surface area contributed by atoms with Crippen molar-refractivity contribution in [2.24, 2.45) is 0 Å². The van der Waals surface area contributed by atoms with Crippen LogP contribution in [-0.4, -0.2) is 50.2 Å². The maximum absolute atomic E-state index is 13.2. The minimum absolute atomic E-state index is 0.169. The average molecular weight is 472 g/mol. The van der Waals surface area contributed by atoms with Crippen LogP contribution in [0.15, 0.2) is 51.9 Å². The highest BCUT2D eigenvalue weighted by atomic mass is 32.2. The summed E-state index contributed by atoms with van der Waals surface area (Å²) in [6.45, 7) is 4.94. The third kappa shape index (κ3) is 4.89. The molecule has 0 bridgehead atoms. The van der Waals surface area contributed by atoms with E-state index in [9.17, 15) is 8.42 Å². The molecule has 0 aliphatic carbocycles. The third-order valence-corrected chi connectivity index (χ3v) is 7.85. The molecule has 1 fully saturated rings. The molecule has 0 unspecified atom stereocenters. The van der Waals surface area contributed by atoms with Crippen molar-refractivity contribution in [2.45, 2.75) is 43.4 Å². The Balaban J connectivity index is 1.54. The fourth-order valence-electron chi connectivity index (χ4n) is 3.99. The van der Waals surface area contributed by atoms with Gasteiger partial charge in [-0.15, -0.1) is 0 Å². The number of piperidine rings is 1. The lowest BCUT2D eigenvalue weighted by Gasteiger charge is -2.30. The van der Waals surface area contributed by atoms with E-state index in [2.05, 4.69) is 24.0 Å². The lowest BCUT2D eigenvalue weighted by atomic mass is 10.00. The second-order valence-electron chi connectivity index (χ2n) is 8.48. The Morgan fingerprint density at radius 3 is 2.33 bits per heavy atom. The van der Waals surface area contributed by atoms with Crippen LogP contribution in [0.5, 0.6) is 11.5 Å². The van der Waals surface area contributed by atoms with Crippen LogP contribution < -0.4 is 9.47 Å². The largest absolute Gasteiger partial charge is 0.497 e. The first kappa shape index (κ1) is 23.3. The number of hydrogen-bond acceptors (Lipinski definition) is 7. The second-order valence-corrected chi connectivity index (χ2v) is 10.4. The quantitative estimate of drug-likeness (QED) is 0.502. The summed E-state index contributed by atoms with van der Waals surface area (Å²) in [6.07, 6.45) is 1.50. The van der Waals surface area contributed by atoms with Gasteiger partial charge in [-0.3, -0.25) is 0 Å². The van der Waals surface area contributed by atoms with Crippen LogP contribution in [0.1, 0.15) is 50.0 Å². The highest BCUT2D eigenvalue weighted by molar-refractivity contribution is 7.89. The Hall–Kier alpha value is -2.91. The van der Waals surface area contributed by atoms with E-state index >= 15 is 0 Å². The Morgan fingerprint density at radius 1 is 1.06 bits per heavy atom. The molecule has 4 rings (SSSR count). The molecule has 1 saturated heterocycles. The summed E-state index contributed by atoms with van der Waals surface area (Å²) >= 11 is 0. The molecule has 1 aromatic heterocycles. The van der Waals surface area contributed by atoms with Gasteiger partial charge in [0.2, 0.25) is 21.7 Å². The van der Waals surface area contributed by atoms with Crippen LogP contribution in [0.4, 0.5) is 0 Å². The minimum atomic E-state index is -3.60.